The maximum absolute atomic E-state index is 11.6. The lowest BCUT2D eigenvalue weighted by Gasteiger charge is -2.13. The van der Waals surface area contributed by atoms with Gasteiger partial charge in [-0.2, -0.15) is 0 Å². The van der Waals surface area contributed by atoms with Gasteiger partial charge in [-0.05, 0) is 6.07 Å². The third kappa shape index (κ3) is 2.19. The molecule has 1 saturated heterocycles. The molecule has 0 spiro atoms. The number of hydrogen-bond donors (Lipinski definition) is 1. The zero-order valence-electron chi connectivity index (χ0n) is 10.2. The van der Waals surface area contributed by atoms with E-state index >= 15 is 0 Å². The smallest absolute Gasteiger partial charge is 0.334 e. The maximum atomic E-state index is 11.6. The number of carbonyl (C=O) groups is 3. The summed E-state index contributed by atoms with van der Waals surface area (Å²) in [5, 5.41) is 0. The highest BCUT2D eigenvalue weighted by atomic mass is 16.2. The third-order valence-corrected chi connectivity index (χ3v) is 2.82. The summed E-state index contributed by atoms with van der Waals surface area (Å²) in [6, 6.07) is 2.06. The minimum absolute atomic E-state index is 0.0584. The van der Waals surface area contributed by atoms with E-state index in [9.17, 15) is 19.2 Å². The summed E-state index contributed by atoms with van der Waals surface area (Å²) < 4.78 is 1.28. The molecule has 0 saturated carbocycles. The second-order valence-corrected chi connectivity index (χ2v) is 4.10. The summed E-state index contributed by atoms with van der Waals surface area (Å²) in [7, 11) is 1.23. The van der Waals surface area contributed by atoms with E-state index in [1.807, 2.05) is 0 Å². The topological polar surface area (TPSA) is 106 Å². The molecule has 100 valence electrons. The van der Waals surface area contributed by atoms with Crippen LogP contribution in [0, 0.1) is 0 Å². The largest absolute Gasteiger partial charge is 0.398 e. The van der Waals surface area contributed by atoms with E-state index in [-0.39, 0.29) is 18.6 Å². The van der Waals surface area contributed by atoms with E-state index in [1.165, 1.54) is 29.9 Å². The van der Waals surface area contributed by atoms with Gasteiger partial charge in [0.2, 0.25) is 0 Å². The highest BCUT2D eigenvalue weighted by Gasteiger charge is 2.41. The van der Waals surface area contributed by atoms with Crippen LogP contribution in [0.5, 0.6) is 0 Å². The second kappa shape index (κ2) is 4.56. The number of amides is 4. The van der Waals surface area contributed by atoms with E-state index in [1.54, 1.807) is 0 Å². The first-order valence-corrected chi connectivity index (χ1v) is 5.51. The van der Waals surface area contributed by atoms with Crippen molar-refractivity contribution >= 4 is 23.5 Å². The molecule has 4 amide bonds. The van der Waals surface area contributed by atoms with Crippen LogP contribution in [-0.4, -0.2) is 45.8 Å². The Balaban J connectivity index is 2.13. The Morgan fingerprint density at radius 2 is 1.74 bits per heavy atom. The normalized spacial score (nSPS) is 15.5. The number of nitrogens with zero attached hydrogens (tertiary/aromatic N) is 3. The summed E-state index contributed by atoms with van der Waals surface area (Å²) in [6.45, 7) is 0.0274. The first kappa shape index (κ1) is 12.8. The van der Waals surface area contributed by atoms with Crippen LogP contribution >= 0.6 is 0 Å². The Morgan fingerprint density at radius 1 is 1.05 bits per heavy atom. The van der Waals surface area contributed by atoms with Gasteiger partial charge in [0.1, 0.15) is 0 Å². The average Bonchev–Trinajstić information content (AvgIpc) is 2.56. The summed E-state index contributed by atoms with van der Waals surface area (Å²) >= 11 is 0. The number of urea groups is 1. The number of carbonyl (C=O) groups excluding carboxylic acids is 3. The fourth-order valence-corrected chi connectivity index (χ4v) is 1.74. The lowest BCUT2D eigenvalue weighted by molar-refractivity contribution is -0.142. The third-order valence-electron chi connectivity index (χ3n) is 2.82. The molecule has 1 fully saturated rings. The molecule has 1 aromatic heterocycles. The van der Waals surface area contributed by atoms with Gasteiger partial charge in [-0.15, -0.1) is 0 Å². The number of anilines is 1. The predicted molar refractivity (Wildman–Crippen MR) is 65.0 cm³/mol. The molecule has 0 bridgehead atoms. The molecule has 0 radical (unpaired) electrons. The summed E-state index contributed by atoms with van der Waals surface area (Å²) in [5.41, 5.74) is 5.64. The maximum Gasteiger partial charge on any atom is 0.334 e. The molecule has 1 aliphatic rings. The lowest BCUT2D eigenvalue weighted by atomic mass is 10.4. The van der Waals surface area contributed by atoms with Crippen LogP contribution in [0.1, 0.15) is 0 Å². The second-order valence-electron chi connectivity index (χ2n) is 4.10. The molecule has 8 heteroatoms. The van der Waals surface area contributed by atoms with Crippen LogP contribution in [-0.2, 0) is 16.1 Å². The molecule has 0 aromatic carbocycles. The Bertz CT molecular complexity index is 621. The molecule has 2 rings (SSSR count). The Labute approximate surface area is 108 Å². The molecular formula is C11H12N4O4. The average molecular weight is 264 g/mol. The van der Waals surface area contributed by atoms with Crippen LogP contribution in [0.25, 0.3) is 0 Å². The SMILES string of the molecule is CN1C(=O)C(=O)N(CCn2cc(N)ccc2=O)C1=O. The van der Waals surface area contributed by atoms with Gasteiger partial charge < -0.3 is 10.3 Å². The highest BCUT2D eigenvalue weighted by molar-refractivity contribution is 6.44. The summed E-state index contributed by atoms with van der Waals surface area (Å²) in [6.07, 6.45) is 1.42. The first-order chi connectivity index (χ1) is 8.91. The van der Waals surface area contributed by atoms with Crippen molar-refractivity contribution < 1.29 is 14.4 Å². The highest BCUT2D eigenvalue weighted by Crippen LogP contribution is 2.09. The van der Waals surface area contributed by atoms with Gasteiger partial charge in [0.15, 0.2) is 0 Å². The monoisotopic (exact) mass is 264 g/mol. The number of pyridine rings is 1. The number of likely N-dealkylation sites (N-methyl/N-ethyl adjacent to an activating group) is 1. The number of nitrogen functional groups attached to an aromatic ring is 1. The number of aromatic nitrogens is 1. The van der Waals surface area contributed by atoms with Gasteiger partial charge in [-0.25, -0.2) is 4.79 Å². The van der Waals surface area contributed by atoms with E-state index in [4.69, 9.17) is 5.73 Å². The van der Waals surface area contributed by atoms with Crippen LogP contribution in [0.2, 0.25) is 0 Å². The zero-order valence-corrected chi connectivity index (χ0v) is 10.2. The standard InChI is InChI=1S/C11H12N4O4/c1-13-9(17)10(18)15(11(13)19)5-4-14-6-7(12)2-3-8(14)16/h2-3,6H,4-5,12H2,1H3. The van der Waals surface area contributed by atoms with Gasteiger partial charge in [0.05, 0.1) is 0 Å². The van der Waals surface area contributed by atoms with Gasteiger partial charge in [-0.3, -0.25) is 24.2 Å². The molecule has 0 unspecified atom stereocenters. The van der Waals surface area contributed by atoms with E-state index < -0.39 is 17.8 Å². The van der Waals surface area contributed by atoms with Gasteiger partial charge in [-0.1, -0.05) is 0 Å². The van der Waals surface area contributed by atoms with E-state index in [0.717, 1.165) is 9.80 Å². The van der Waals surface area contributed by atoms with Crippen molar-refractivity contribution in [3.63, 3.8) is 0 Å². The number of hydrogen-bond acceptors (Lipinski definition) is 5. The minimum Gasteiger partial charge on any atom is -0.398 e. The van der Waals surface area contributed by atoms with E-state index in [2.05, 4.69) is 0 Å². The Hall–Kier alpha value is -2.64. The lowest BCUT2D eigenvalue weighted by Crippen LogP contribution is -2.36. The Kier molecular flexibility index (Phi) is 3.07. The van der Waals surface area contributed by atoms with Crippen molar-refractivity contribution in [1.82, 2.24) is 14.4 Å². The van der Waals surface area contributed by atoms with Crippen molar-refractivity contribution in [3.05, 3.63) is 28.7 Å². The van der Waals surface area contributed by atoms with Gasteiger partial charge >= 0.3 is 17.8 Å². The summed E-state index contributed by atoms with van der Waals surface area (Å²) in [5.74, 6) is -1.76. The number of rotatable bonds is 3. The zero-order chi connectivity index (χ0) is 14.2. The quantitative estimate of drug-likeness (QED) is 0.548. The molecule has 1 aromatic rings. The molecule has 19 heavy (non-hydrogen) atoms. The predicted octanol–water partition coefficient (Wildman–Crippen LogP) is -1.15. The molecule has 2 N–H and O–H groups in total. The van der Waals surface area contributed by atoms with Crippen molar-refractivity contribution in [3.8, 4) is 0 Å². The molecule has 2 heterocycles. The number of nitrogens with two attached hydrogens (primary N) is 1. The van der Waals surface area contributed by atoms with Crippen LogP contribution < -0.4 is 11.3 Å². The van der Waals surface area contributed by atoms with Crippen LogP contribution in [0.15, 0.2) is 23.1 Å². The van der Waals surface area contributed by atoms with E-state index in [0.29, 0.717) is 5.69 Å². The van der Waals surface area contributed by atoms with Gasteiger partial charge in [0.25, 0.3) is 5.56 Å². The molecule has 8 nitrogen and oxygen atoms in total. The van der Waals surface area contributed by atoms with Crippen LogP contribution in [0.3, 0.4) is 0 Å². The van der Waals surface area contributed by atoms with Crippen molar-refractivity contribution in [2.45, 2.75) is 6.54 Å². The van der Waals surface area contributed by atoms with Crippen molar-refractivity contribution in [1.29, 1.82) is 0 Å². The first-order valence-electron chi connectivity index (χ1n) is 5.51. The summed E-state index contributed by atoms with van der Waals surface area (Å²) in [4.78, 5) is 47.4. The Morgan fingerprint density at radius 3 is 2.32 bits per heavy atom. The van der Waals surface area contributed by atoms with Crippen molar-refractivity contribution in [2.75, 3.05) is 19.3 Å². The number of imide groups is 2. The van der Waals surface area contributed by atoms with Crippen LogP contribution in [0.4, 0.5) is 10.5 Å². The fourth-order valence-electron chi connectivity index (χ4n) is 1.74. The minimum atomic E-state index is -0.885. The fraction of sp³-hybridized carbons (Fsp3) is 0.273. The molecule has 0 atom stereocenters. The molecule has 1 aliphatic heterocycles. The molecule has 0 aliphatic carbocycles. The molecular weight excluding hydrogens is 252 g/mol. The van der Waals surface area contributed by atoms with Crippen molar-refractivity contribution in [2.24, 2.45) is 0 Å². The van der Waals surface area contributed by atoms with Gasteiger partial charge in [0, 0.05) is 38.1 Å².